The Bertz CT molecular complexity index is 793. The minimum atomic E-state index is -4.35. The lowest BCUT2D eigenvalue weighted by atomic mass is 10.1. The van der Waals surface area contributed by atoms with Crippen LogP contribution in [0.4, 0.5) is 13.2 Å². The molecule has 0 aliphatic rings. The number of rotatable bonds is 2. The second kappa shape index (κ2) is 5.07. The van der Waals surface area contributed by atoms with Crippen LogP contribution in [0, 0.1) is 0 Å². The van der Waals surface area contributed by atoms with Gasteiger partial charge in [0.2, 0.25) is 5.28 Å². The van der Waals surface area contributed by atoms with E-state index in [1.165, 1.54) is 6.07 Å². The van der Waals surface area contributed by atoms with Gasteiger partial charge in [-0.25, -0.2) is 4.98 Å². The van der Waals surface area contributed by atoms with Crippen molar-refractivity contribution >= 4 is 22.6 Å². The van der Waals surface area contributed by atoms with Gasteiger partial charge in [0.1, 0.15) is 0 Å². The Balaban J connectivity index is 2.01. The van der Waals surface area contributed by atoms with Crippen molar-refractivity contribution in [3.8, 4) is 0 Å². The van der Waals surface area contributed by atoms with Crippen LogP contribution in [0.5, 0.6) is 0 Å². The van der Waals surface area contributed by atoms with E-state index in [0.29, 0.717) is 5.56 Å². The molecule has 0 radical (unpaired) electrons. The summed E-state index contributed by atoms with van der Waals surface area (Å²) in [5.41, 5.74) is 1.37. The summed E-state index contributed by atoms with van der Waals surface area (Å²) in [7, 11) is 0. The van der Waals surface area contributed by atoms with Crippen molar-refractivity contribution in [1.82, 2.24) is 9.55 Å². The van der Waals surface area contributed by atoms with Crippen molar-refractivity contribution in [3.05, 3.63) is 64.9 Å². The summed E-state index contributed by atoms with van der Waals surface area (Å²) in [6.45, 7) is 0.239. The van der Waals surface area contributed by atoms with Crippen molar-refractivity contribution < 1.29 is 13.2 Å². The largest absolute Gasteiger partial charge is 0.416 e. The topological polar surface area (TPSA) is 17.8 Å². The molecule has 0 amide bonds. The minimum absolute atomic E-state index is 0.239. The quantitative estimate of drug-likeness (QED) is 0.667. The Kier molecular flexibility index (Phi) is 3.37. The van der Waals surface area contributed by atoms with Crippen molar-refractivity contribution in [3.63, 3.8) is 0 Å². The number of nitrogens with zero attached hydrogens (tertiary/aromatic N) is 2. The molecule has 1 aromatic heterocycles. The summed E-state index contributed by atoms with van der Waals surface area (Å²) in [6, 6.07) is 12.5. The molecule has 0 unspecified atom stereocenters. The summed E-state index contributed by atoms with van der Waals surface area (Å²) in [5.74, 6) is 0. The molecule has 0 aliphatic heterocycles. The predicted molar refractivity (Wildman–Crippen MR) is 75.3 cm³/mol. The van der Waals surface area contributed by atoms with E-state index in [-0.39, 0.29) is 11.8 Å². The monoisotopic (exact) mass is 310 g/mol. The normalized spacial score (nSPS) is 12.0. The molecule has 2 nitrogen and oxygen atoms in total. The van der Waals surface area contributed by atoms with Gasteiger partial charge >= 0.3 is 6.18 Å². The van der Waals surface area contributed by atoms with Gasteiger partial charge in [-0.05, 0) is 41.4 Å². The summed E-state index contributed by atoms with van der Waals surface area (Å²) in [4.78, 5) is 4.19. The molecule has 108 valence electrons. The van der Waals surface area contributed by atoms with Gasteiger partial charge in [0.15, 0.2) is 0 Å². The van der Waals surface area contributed by atoms with Crippen LogP contribution in [0.15, 0.2) is 48.5 Å². The number of hydrogen-bond acceptors (Lipinski definition) is 1. The second-order valence-corrected chi connectivity index (χ2v) is 4.99. The molecule has 6 heteroatoms. The third-order valence-corrected chi connectivity index (χ3v) is 3.49. The zero-order chi connectivity index (χ0) is 15.0. The summed E-state index contributed by atoms with van der Waals surface area (Å²) in [6.07, 6.45) is -4.35. The Morgan fingerprint density at radius 2 is 1.81 bits per heavy atom. The molecule has 21 heavy (non-hydrogen) atoms. The van der Waals surface area contributed by atoms with Gasteiger partial charge in [0, 0.05) is 0 Å². The van der Waals surface area contributed by atoms with Gasteiger partial charge < -0.3 is 4.57 Å². The number of para-hydroxylation sites is 2. The van der Waals surface area contributed by atoms with E-state index in [1.807, 2.05) is 24.3 Å². The van der Waals surface area contributed by atoms with E-state index in [1.54, 1.807) is 10.6 Å². The van der Waals surface area contributed by atoms with Crippen LogP contribution < -0.4 is 0 Å². The van der Waals surface area contributed by atoms with E-state index >= 15 is 0 Å². The molecule has 2 aromatic carbocycles. The molecule has 1 heterocycles. The first kappa shape index (κ1) is 13.9. The lowest BCUT2D eigenvalue weighted by Gasteiger charge is -2.10. The Morgan fingerprint density at radius 1 is 1.05 bits per heavy atom. The molecule has 0 spiro atoms. The van der Waals surface area contributed by atoms with Gasteiger partial charge in [0.25, 0.3) is 0 Å². The van der Waals surface area contributed by atoms with Crippen molar-refractivity contribution in [2.45, 2.75) is 12.7 Å². The molecule has 3 rings (SSSR count). The first-order valence-corrected chi connectivity index (χ1v) is 6.60. The second-order valence-electron chi connectivity index (χ2n) is 4.65. The van der Waals surface area contributed by atoms with Crippen LogP contribution >= 0.6 is 11.6 Å². The standard InChI is InChI=1S/C15H10ClF3N2/c16-14-20-12-6-1-2-7-13(12)21(14)9-10-4-3-5-11(8-10)15(17,18)19/h1-8H,9H2. The smallest absolute Gasteiger partial charge is 0.310 e. The number of alkyl halides is 3. The lowest BCUT2D eigenvalue weighted by molar-refractivity contribution is -0.137. The fourth-order valence-corrected chi connectivity index (χ4v) is 2.47. The van der Waals surface area contributed by atoms with Gasteiger partial charge in [-0.15, -0.1) is 0 Å². The number of imidazole rings is 1. The minimum Gasteiger partial charge on any atom is -0.310 e. The highest BCUT2D eigenvalue weighted by atomic mass is 35.5. The van der Waals surface area contributed by atoms with E-state index in [0.717, 1.165) is 23.2 Å². The van der Waals surface area contributed by atoms with Crippen molar-refractivity contribution in [2.75, 3.05) is 0 Å². The zero-order valence-corrected chi connectivity index (χ0v) is 11.5. The first-order chi connectivity index (χ1) is 9.95. The van der Waals surface area contributed by atoms with E-state index in [4.69, 9.17) is 11.6 Å². The number of hydrogen-bond donors (Lipinski definition) is 0. The Labute approximate surface area is 123 Å². The molecule has 0 bridgehead atoms. The molecular weight excluding hydrogens is 301 g/mol. The van der Waals surface area contributed by atoms with Crippen LogP contribution in [0.1, 0.15) is 11.1 Å². The maximum Gasteiger partial charge on any atom is 0.416 e. The third kappa shape index (κ3) is 2.74. The molecule has 0 N–H and O–H groups in total. The summed E-state index contributed by atoms with van der Waals surface area (Å²) in [5, 5.41) is 0.258. The van der Waals surface area contributed by atoms with E-state index < -0.39 is 11.7 Å². The van der Waals surface area contributed by atoms with Crippen molar-refractivity contribution in [2.24, 2.45) is 0 Å². The maximum atomic E-state index is 12.7. The summed E-state index contributed by atoms with van der Waals surface area (Å²) < 4.78 is 39.9. The van der Waals surface area contributed by atoms with Crippen LogP contribution in [-0.4, -0.2) is 9.55 Å². The average Bonchev–Trinajstić information content (AvgIpc) is 2.75. The summed E-state index contributed by atoms with van der Waals surface area (Å²) >= 11 is 6.08. The molecule has 3 aromatic rings. The number of aromatic nitrogens is 2. The zero-order valence-electron chi connectivity index (χ0n) is 10.7. The van der Waals surface area contributed by atoms with Crippen molar-refractivity contribution in [1.29, 1.82) is 0 Å². The fraction of sp³-hybridized carbons (Fsp3) is 0.133. The number of halogens is 4. The van der Waals surface area contributed by atoms with E-state index in [9.17, 15) is 13.2 Å². The lowest BCUT2D eigenvalue weighted by Crippen LogP contribution is -2.07. The molecule has 0 aliphatic carbocycles. The van der Waals surface area contributed by atoms with Gasteiger partial charge in [0.05, 0.1) is 23.1 Å². The first-order valence-electron chi connectivity index (χ1n) is 6.22. The molecule has 0 saturated heterocycles. The number of benzene rings is 2. The highest BCUT2D eigenvalue weighted by Crippen LogP contribution is 2.30. The van der Waals surface area contributed by atoms with Crippen LogP contribution in [0.25, 0.3) is 11.0 Å². The van der Waals surface area contributed by atoms with Gasteiger partial charge in [-0.2, -0.15) is 13.2 Å². The Hall–Kier alpha value is -2.01. The molecule has 0 atom stereocenters. The van der Waals surface area contributed by atoms with Crippen LogP contribution in [0.2, 0.25) is 5.28 Å². The third-order valence-electron chi connectivity index (χ3n) is 3.20. The molecule has 0 saturated carbocycles. The molecular formula is C15H10ClF3N2. The molecule has 0 fully saturated rings. The van der Waals surface area contributed by atoms with Crippen LogP contribution in [0.3, 0.4) is 0 Å². The Morgan fingerprint density at radius 3 is 2.57 bits per heavy atom. The van der Waals surface area contributed by atoms with Gasteiger partial charge in [-0.1, -0.05) is 24.3 Å². The highest BCUT2D eigenvalue weighted by Gasteiger charge is 2.30. The number of fused-ring (bicyclic) bond motifs is 1. The average molecular weight is 311 g/mol. The SMILES string of the molecule is FC(F)(F)c1cccc(Cn2c(Cl)nc3ccccc32)c1. The predicted octanol–water partition coefficient (Wildman–Crippen LogP) is 4.76. The highest BCUT2D eigenvalue weighted by molar-refractivity contribution is 6.29. The van der Waals surface area contributed by atoms with Crippen LogP contribution in [-0.2, 0) is 12.7 Å². The fourth-order valence-electron chi connectivity index (χ4n) is 2.23. The van der Waals surface area contributed by atoms with E-state index in [2.05, 4.69) is 4.98 Å². The van der Waals surface area contributed by atoms with Gasteiger partial charge in [-0.3, -0.25) is 0 Å². The maximum absolute atomic E-state index is 12.7.